The van der Waals surface area contributed by atoms with Crippen LogP contribution < -0.4 is 16.4 Å². The number of nitrogens with one attached hydrogen (secondary N) is 2. The number of hydrogen-bond donors (Lipinski definition) is 3. The number of primary amides is 1. The molecule has 0 atom stereocenters. The van der Waals surface area contributed by atoms with Gasteiger partial charge in [-0.2, -0.15) is 0 Å². The monoisotopic (exact) mass is 353 g/mol. The Kier molecular flexibility index (Phi) is 5.77. The molecule has 2 aromatic carbocycles. The van der Waals surface area contributed by atoms with Crippen LogP contribution in [0.5, 0.6) is 0 Å². The van der Waals surface area contributed by atoms with Crippen LogP contribution in [-0.4, -0.2) is 17.7 Å². The molecule has 0 saturated carbocycles. The lowest BCUT2D eigenvalue weighted by Crippen LogP contribution is -2.28. The zero-order chi connectivity index (χ0) is 19.3. The van der Waals surface area contributed by atoms with Crippen molar-refractivity contribution in [1.82, 2.24) is 5.32 Å². The first-order valence-corrected chi connectivity index (χ1v) is 8.25. The summed E-state index contributed by atoms with van der Waals surface area (Å²) in [6.45, 7) is 5.72. The molecule has 4 N–H and O–H groups in total. The van der Waals surface area contributed by atoms with Crippen LogP contribution in [0.2, 0.25) is 0 Å². The summed E-state index contributed by atoms with van der Waals surface area (Å²) in [7, 11) is 0. The van der Waals surface area contributed by atoms with Gasteiger partial charge >= 0.3 is 0 Å². The first kappa shape index (κ1) is 19.2. The molecule has 0 bridgehead atoms. The van der Waals surface area contributed by atoms with E-state index in [0.717, 1.165) is 5.56 Å². The van der Waals surface area contributed by atoms with Crippen LogP contribution in [-0.2, 0) is 11.3 Å². The average Bonchev–Trinajstić information content (AvgIpc) is 2.59. The first-order chi connectivity index (χ1) is 12.2. The van der Waals surface area contributed by atoms with E-state index >= 15 is 0 Å². The maximum Gasteiger partial charge on any atom is 0.251 e. The predicted octanol–water partition coefficient (Wildman–Crippen LogP) is 2.70. The molecule has 0 saturated heterocycles. The summed E-state index contributed by atoms with van der Waals surface area (Å²) in [6.07, 6.45) is 0. The van der Waals surface area contributed by atoms with Gasteiger partial charge in [0.2, 0.25) is 11.8 Å². The van der Waals surface area contributed by atoms with Crippen molar-refractivity contribution in [3.8, 4) is 0 Å². The highest BCUT2D eigenvalue weighted by atomic mass is 16.2. The molecule has 6 heteroatoms. The van der Waals surface area contributed by atoms with Crippen LogP contribution in [0, 0.1) is 5.41 Å². The third-order valence-electron chi connectivity index (χ3n) is 3.73. The molecular weight excluding hydrogens is 330 g/mol. The fraction of sp³-hybridized carbons (Fsp3) is 0.250. The Hall–Kier alpha value is -3.15. The quantitative estimate of drug-likeness (QED) is 0.770. The Morgan fingerprint density at radius 1 is 0.962 bits per heavy atom. The number of anilines is 1. The molecule has 2 aromatic rings. The minimum absolute atomic E-state index is 0.127. The Morgan fingerprint density at radius 2 is 1.62 bits per heavy atom. The molecule has 2 rings (SSSR count). The van der Waals surface area contributed by atoms with E-state index in [2.05, 4.69) is 10.6 Å². The molecule has 0 aromatic heterocycles. The molecule has 0 radical (unpaired) electrons. The molecule has 136 valence electrons. The van der Waals surface area contributed by atoms with Crippen molar-refractivity contribution in [2.24, 2.45) is 11.1 Å². The number of benzene rings is 2. The molecule has 0 fully saturated rings. The Bertz CT molecular complexity index is 838. The Labute approximate surface area is 152 Å². The second kappa shape index (κ2) is 7.82. The van der Waals surface area contributed by atoms with E-state index in [4.69, 9.17) is 5.73 Å². The second-order valence-corrected chi connectivity index (χ2v) is 7.03. The van der Waals surface area contributed by atoms with Gasteiger partial charge < -0.3 is 16.4 Å². The summed E-state index contributed by atoms with van der Waals surface area (Å²) in [5.74, 6) is -0.917. The van der Waals surface area contributed by atoms with Crippen LogP contribution in [0.4, 0.5) is 5.69 Å². The van der Waals surface area contributed by atoms with Crippen molar-refractivity contribution in [1.29, 1.82) is 0 Å². The minimum atomic E-state index is -0.524. The Morgan fingerprint density at radius 3 is 2.27 bits per heavy atom. The van der Waals surface area contributed by atoms with E-state index in [1.807, 2.05) is 20.8 Å². The highest BCUT2D eigenvalue weighted by Gasteiger charge is 2.21. The third-order valence-corrected chi connectivity index (χ3v) is 3.73. The van der Waals surface area contributed by atoms with Crippen LogP contribution in [0.1, 0.15) is 47.1 Å². The molecule has 3 amide bonds. The molecular formula is C20H23N3O3. The van der Waals surface area contributed by atoms with Gasteiger partial charge in [0.05, 0.1) is 0 Å². The summed E-state index contributed by atoms with van der Waals surface area (Å²) < 4.78 is 0. The molecule has 0 spiro atoms. The first-order valence-electron chi connectivity index (χ1n) is 8.25. The highest BCUT2D eigenvalue weighted by molar-refractivity contribution is 5.98. The van der Waals surface area contributed by atoms with Crippen molar-refractivity contribution in [3.05, 3.63) is 65.2 Å². The lowest BCUT2D eigenvalue weighted by Gasteiger charge is -2.18. The summed E-state index contributed by atoms with van der Waals surface area (Å²) in [6, 6.07) is 13.5. The van der Waals surface area contributed by atoms with E-state index in [1.165, 1.54) is 0 Å². The molecule has 26 heavy (non-hydrogen) atoms. The largest absolute Gasteiger partial charge is 0.366 e. The van der Waals surface area contributed by atoms with Gasteiger partial charge in [-0.15, -0.1) is 0 Å². The number of carbonyl (C=O) groups excluding carboxylic acids is 3. The van der Waals surface area contributed by atoms with Gasteiger partial charge in [0, 0.05) is 28.8 Å². The van der Waals surface area contributed by atoms with Crippen molar-refractivity contribution < 1.29 is 14.4 Å². The van der Waals surface area contributed by atoms with Gasteiger partial charge in [-0.05, 0) is 35.9 Å². The van der Waals surface area contributed by atoms with E-state index in [0.29, 0.717) is 16.8 Å². The molecule has 0 aliphatic heterocycles. The van der Waals surface area contributed by atoms with Crippen LogP contribution in [0.15, 0.2) is 48.5 Å². The van der Waals surface area contributed by atoms with E-state index in [-0.39, 0.29) is 18.4 Å². The fourth-order valence-electron chi connectivity index (χ4n) is 2.18. The van der Waals surface area contributed by atoms with Gasteiger partial charge in [0.25, 0.3) is 5.91 Å². The zero-order valence-electron chi connectivity index (χ0n) is 15.1. The SMILES string of the molecule is CC(C)(C)C(=O)Nc1cccc(C(=O)NCc2cccc(C(N)=O)c2)c1. The lowest BCUT2D eigenvalue weighted by molar-refractivity contribution is -0.123. The lowest BCUT2D eigenvalue weighted by atomic mass is 9.95. The predicted molar refractivity (Wildman–Crippen MR) is 101 cm³/mol. The summed E-state index contributed by atoms with van der Waals surface area (Å²) in [4.78, 5) is 35.6. The number of hydrogen-bond acceptors (Lipinski definition) is 3. The van der Waals surface area contributed by atoms with Gasteiger partial charge in [-0.1, -0.05) is 39.0 Å². The molecule has 0 heterocycles. The van der Waals surface area contributed by atoms with Crippen molar-refractivity contribution in [2.45, 2.75) is 27.3 Å². The summed E-state index contributed by atoms with van der Waals surface area (Å²) in [5, 5.41) is 5.59. The molecule has 0 aliphatic carbocycles. The van der Waals surface area contributed by atoms with Gasteiger partial charge in [-0.25, -0.2) is 0 Å². The van der Waals surface area contributed by atoms with E-state index in [1.54, 1.807) is 48.5 Å². The fourth-order valence-corrected chi connectivity index (χ4v) is 2.18. The molecule has 0 aliphatic rings. The Balaban J connectivity index is 2.04. The number of rotatable bonds is 5. The number of nitrogens with two attached hydrogens (primary N) is 1. The smallest absolute Gasteiger partial charge is 0.251 e. The minimum Gasteiger partial charge on any atom is -0.366 e. The summed E-state index contributed by atoms with van der Waals surface area (Å²) >= 11 is 0. The van der Waals surface area contributed by atoms with Gasteiger partial charge in [0.15, 0.2) is 0 Å². The zero-order valence-corrected chi connectivity index (χ0v) is 15.1. The van der Waals surface area contributed by atoms with E-state index in [9.17, 15) is 14.4 Å². The number of amides is 3. The van der Waals surface area contributed by atoms with Gasteiger partial charge in [-0.3, -0.25) is 14.4 Å². The van der Waals surface area contributed by atoms with Crippen LogP contribution in [0.25, 0.3) is 0 Å². The van der Waals surface area contributed by atoms with Crippen LogP contribution >= 0.6 is 0 Å². The number of carbonyl (C=O) groups is 3. The summed E-state index contributed by atoms with van der Waals surface area (Å²) in [5.41, 5.74) is 6.89. The molecule has 0 unspecified atom stereocenters. The van der Waals surface area contributed by atoms with Crippen molar-refractivity contribution in [2.75, 3.05) is 5.32 Å². The normalized spacial score (nSPS) is 10.9. The van der Waals surface area contributed by atoms with Gasteiger partial charge in [0.1, 0.15) is 0 Å². The molecule has 6 nitrogen and oxygen atoms in total. The topological polar surface area (TPSA) is 101 Å². The van der Waals surface area contributed by atoms with E-state index < -0.39 is 11.3 Å². The van der Waals surface area contributed by atoms with Crippen molar-refractivity contribution in [3.63, 3.8) is 0 Å². The third kappa shape index (κ3) is 5.17. The average molecular weight is 353 g/mol. The maximum atomic E-state index is 12.4. The second-order valence-electron chi connectivity index (χ2n) is 7.03. The van der Waals surface area contributed by atoms with Crippen LogP contribution in [0.3, 0.4) is 0 Å². The standard InChI is InChI=1S/C20H23N3O3/c1-20(2,3)19(26)23-16-9-5-8-15(11-16)18(25)22-12-13-6-4-7-14(10-13)17(21)24/h4-11H,12H2,1-3H3,(H2,21,24)(H,22,25)(H,23,26). The maximum absolute atomic E-state index is 12.4. The highest BCUT2D eigenvalue weighted by Crippen LogP contribution is 2.18. The van der Waals surface area contributed by atoms with Crippen molar-refractivity contribution >= 4 is 23.4 Å².